The smallest absolute Gasteiger partial charge is 0.251 e. The number of amides is 1. The predicted molar refractivity (Wildman–Crippen MR) is 151 cm³/mol. The van der Waals surface area contributed by atoms with E-state index in [2.05, 4.69) is 25.5 Å². The molecule has 208 valence electrons. The fourth-order valence-electron chi connectivity index (χ4n) is 4.77. The Morgan fingerprint density at radius 2 is 1.93 bits per heavy atom. The second-order valence-corrected chi connectivity index (χ2v) is 9.79. The molecule has 3 heterocycles. The Bertz CT molecular complexity index is 1440. The van der Waals surface area contributed by atoms with Crippen LogP contribution in [-0.4, -0.2) is 59.4 Å². The average Bonchev–Trinajstić information content (AvgIpc) is 3.55. The van der Waals surface area contributed by atoms with Crippen LogP contribution in [-0.2, 0) is 0 Å². The van der Waals surface area contributed by atoms with Crippen molar-refractivity contribution in [1.82, 2.24) is 25.5 Å². The number of benzene rings is 2. The molecule has 5 rings (SSSR count). The van der Waals surface area contributed by atoms with Crippen molar-refractivity contribution in [1.29, 1.82) is 0 Å². The molecule has 40 heavy (non-hydrogen) atoms. The number of nitrogens with one attached hydrogen (secondary N) is 2. The van der Waals surface area contributed by atoms with Gasteiger partial charge in [0.05, 0.1) is 25.6 Å². The minimum Gasteiger partial charge on any atom is -0.497 e. The molecule has 1 aliphatic heterocycles. The highest BCUT2D eigenvalue weighted by Crippen LogP contribution is 2.28. The van der Waals surface area contributed by atoms with Crippen molar-refractivity contribution >= 4 is 11.7 Å². The van der Waals surface area contributed by atoms with E-state index in [0.717, 1.165) is 36.1 Å². The summed E-state index contributed by atoms with van der Waals surface area (Å²) in [5, 5.41) is 10.1. The van der Waals surface area contributed by atoms with Gasteiger partial charge in [0, 0.05) is 48.6 Å². The van der Waals surface area contributed by atoms with Crippen molar-refractivity contribution < 1.29 is 18.7 Å². The number of nitrogens with zero attached hydrogens (tertiary/aromatic N) is 4. The van der Waals surface area contributed by atoms with Crippen molar-refractivity contribution in [2.75, 3.05) is 38.3 Å². The molecule has 1 fully saturated rings. The highest BCUT2D eigenvalue weighted by Gasteiger charge is 2.24. The van der Waals surface area contributed by atoms with Crippen LogP contribution in [0.3, 0.4) is 0 Å². The lowest BCUT2D eigenvalue weighted by Crippen LogP contribution is -2.39. The number of carbonyl (C=O) groups is 1. The number of carbonyl (C=O) groups excluding carboxylic acids is 1. The van der Waals surface area contributed by atoms with Gasteiger partial charge in [0.1, 0.15) is 11.5 Å². The predicted octanol–water partition coefficient (Wildman–Crippen LogP) is 5.12. The molecule has 0 unspecified atom stereocenters. The van der Waals surface area contributed by atoms with E-state index in [0.29, 0.717) is 54.9 Å². The molecule has 0 spiro atoms. The maximum Gasteiger partial charge on any atom is 0.251 e. The number of aromatic nitrogens is 4. The molecule has 4 aromatic rings. The van der Waals surface area contributed by atoms with Crippen molar-refractivity contribution in [3.05, 3.63) is 72.3 Å². The molecule has 0 bridgehead atoms. The Morgan fingerprint density at radius 1 is 1.12 bits per heavy atom. The van der Waals surface area contributed by atoms with Gasteiger partial charge in [-0.25, -0.2) is 14.4 Å². The lowest BCUT2D eigenvalue weighted by atomic mass is 9.96. The molecule has 1 saturated heterocycles. The first-order valence-corrected chi connectivity index (χ1v) is 13.5. The minimum absolute atomic E-state index is 0.175. The van der Waals surface area contributed by atoms with Crippen molar-refractivity contribution in [3.8, 4) is 34.1 Å². The molecule has 2 aromatic carbocycles. The minimum atomic E-state index is -0.446. The van der Waals surface area contributed by atoms with Crippen LogP contribution in [0.25, 0.3) is 22.6 Å². The van der Waals surface area contributed by atoms with Gasteiger partial charge >= 0.3 is 0 Å². The summed E-state index contributed by atoms with van der Waals surface area (Å²) in [6.07, 6.45) is 5.48. The lowest BCUT2D eigenvalue weighted by molar-refractivity contribution is 0.0944. The summed E-state index contributed by atoms with van der Waals surface area (Å²) in [7, 11) is 1.57. The van der Waals surface area contributed by atoms with Gasteiger partial charge in [-0.2, -0.15) is 5.10 Å². The molecule has 9 nitrogen and oxygen atoms in total. The SMILES string of the molecule is CCCOc1cc(OC)cc(C(=O)NCC2CCN(c3nc(-c4cccc(-c5cc[nH]n5)c4)ncc3F)CC2)c1. The molecule has 2 aromatic heterocycles. The van der Waals surface area contributed by atoms with E-state index in [9.17, 15) is 9.18 Å². The van der Waals surface area contributed by atoms with Crippen molar-refractivity contribution in [2.24, 2.45) is 5.92 Å². The van der Waals surface area contributed by atoms with E-state index in [1.165, 1.54) is 6.20 Å². The van der Waals surface area contributed by atoms with Gasteiger partial charge in [-0.15, -0.1) is 0 Å². The van der Waals surface area contributed by atoms with E-state index in [4.69, 9.17) is 9.47 Å². The van der Waals surface area contributed by atoms with Crippen LogP contribution in [0.1, 0.15) is 36.5 Å². The van der Waals surface area contributed by atoms with E-state index < -0.39 is 5.82 Å². The Kier molecular flexibility index (Phi) is 8.53. The summed E-state index contributed by atoms with van der Waals surface area (Å²) in [6, 6.07) is 14.8. The molecule has 10 heteroatoms. The second kappa shape index (κ2) is 12.6. The van der Waals surface area contributed by atoms with Crippen LogP contribution < -0.4 is 19.7 Å². The Balaban J connectivity index is 1.20. The number of rotatable bonds is 10. The summed E-state index contributed by atoms with van der Waals surface area (Å²) >= 11 is 0. The largest absolute Gasteiger partial charge is 0.497 e. The summed E-state index contributed by atoms with van der Waals surface area (Å²) in [6.45, 7) is 4.40. The monoisotopic (exact) mass is 544 g/mol. The van der Waals surface area contributed by atoms with Crippen LogP contribution in [0, 0.1) is 11.7 Å². The average molecular weight is 545 g/mol. The molecule has 0 aliphatic carbocycles. The molecule has 1 amide bonds. The maximum absolute atomic E-state index is 14.8. The Morgan fingerprint density at radius 3 is 2.67 bits per heavy atom. The summed E-state index contributed by atoms with van der Waals surface area (Å²) < 4.78 is 25.9. The number of methoxy groups -OCH3 is 1. The van der Waals surface area contributed by atoms with Gasteiger partial charge in [-0.1, -0.05) is 25.1 Å². The summed E-state index contributed by atoms with van der Waals surface area (Å²) in [5.41, 5.74) is 3.03. The van der Waals surface area contributed by atoms with Gasteiger partial charge in [-0.3, -0.25) is 9.89 Å². The first-order valence-electron chi connectivity index (χ1n) is 13.5. The fraction of sp³-hybridized carbons (Fsp3) is 0.333. The van der Waals surface area contributed by atoms with Gasteiger partial charge in [0.15, 0.2) is 17.5 Å². The number of anilines is 1. The van der Waals surface area contributed by atoms with Gasteiger partial charge in [0.25, 0.3) is 5.91 Å². The molecule has 2 N–H and O–H groups in total. The zero-order chi connectivity index (χ0) is 27.9. The van der Waals surface area contributed by atoms with Gasteiger partial charge < -0.3 is 19.7 Å². The van der Waals surface area contributed by atoms with Crippen LogP contribution in [0.5, 0.6) is 11.5 Å². The number of piperidine rings is 1. The zero-order valence-corrected chi connectivity index (χ0v) is 22.7. The first-order chi connectivity index (χ1) is 19.5. The van der Waals surface area contributed by atoms with Crippen LogP contribution in [0.2, 0.25) is 0 Å². The van der Waals surface area contributed by atoms with Crippen LogP contribution in [0.15, 0.2) is 60.9 Å². The van der Waals surface area contributed by atoms with Crippen LogP contribution >= 0.6 is 0 Å². The normalized spacial score (nSPS) is 13.7. The maximum atomic E-state index is 14.8. The number of hydrogen-bond donors (Lipinski definition) is 2. The molecular formula is C30H33FN6O3. The lowest BCUT2D eigenvalue weighted by Gasteiger charge is -2.33. The fourth-order valence-corrected chi connectivity index (χ4v) is 4.77. The number of hydrogen-bond acceptors (Lipinski definition) is 7. The molecular weight excluding hydrogens is 511 g/mol. The number of aromatic amines is 1. The molecule has 1 aliphatic rings. The summed E-state index contributed by atoms with van der Waals surface area (Å²) in [5.74, 6) is 1.60. The topological polar surface area (TPSA) is 105 Å². The highest BCUT2D eigenvalue weighted by molar-refractivity contribution is 5.95. The van der Waals surface area contributed by atoms with Crippen molar-refractivity contribution in [3.63, 3.8) is 0 Å². The Hall–Kier alpha value is -4.47. The molecule has 0 radical (unpaired) electrons. The van der Waals surface area contributed by atoms with Crippen LogP contribution in [0.4, 0.5) is 10.2 Å². The third-order valence-electron chi connectivity index (χ3n) is 6.96. The standard InChI is InChI=1S/C30H33FN6O3/c1-3-13-40-25-16-23(15-24(17-25)39-2)30(38)33-18-20-8-11-37(12-9-20)29-26(31)19-32-28(35-29)22-6-4-5-21(14-22)27-7-10-34-36-27/h4-7,10,14-17,19-20H,3,8-9,11-13,18H2,1-2H3,(H,33,38)(H,34,36). The quantitative estimate of drug-likeness (QED) is 0.286. The second-order valence-electron chi connectivity index (χ2n) is 9.79. The summed E-state index contributed by atoms with van der Waals surface area (Å²) in [4.78, 5) is 23.7. The van der Waals surface area contributed by atoms with E-state index in [1.54, 1.807) is 31.5 Å². The highest BCUT2D eigenvalue weighted by atomic mass is 19.1. The number of H-pyrrole nitrogens is 1. The number of halogens is 1. The van der Waals surface area contributed by atoms with E-state index >= 15 is 0 Å². The first kappa shape index (κ1) is 27.1. The third kappa shape index (κ3) is 6.39. The zero-order valence-electron chi connectivity index (χ0n) is 22.7. The van der Waals surface area contributed by atoms with Gasteiger partial charge in [0.2, 0.25) is 0 Å². The third-order valence-corrected chi connectivity index (χ3v) is 6.96. The van der Waals surface area contributed by atoms with Gasteiger partial charge in [-0.05, 0) is 49.4 Å². The number of ether oxygens (including phenoxy) is 2. The molecule has 0 atom stereocenters. The van der Waals surface area contributed by atoms with Crippen molar-refractivity contribution in [2.45, 2.75) is 26.2 Å². The molecule has 0 saturated carbocycles. The van der Waals surface area contributed by atoms with E-state index in [-0.39, 0.29) is 11.8 Å². The Labute approximate surface area is 232 Å². The van der Waals surface area contributed by atoms with E-state index in [1.807, 2.05) is 42.2 Å².